The lowest BCUT2D eigenvalue weighted by molar-refractivity contribution is 0.230. The first-order valence-electron chi connectivity index (χ1n) is 7.47. The van der Waals surface area contributed by atoms with Gasteiger partial charge in [-0.3, -0.25) is 0 Å². The molecule has 0 aliphatic rings. The first-order chi connectivity index (χ1) is 11.0. The van der Waals surface area contributed by atoms with Crippen LogP contribution in [0.25, 0.3) is 0 Å². The molecule has 0 aliphatic carbocycles. The molecule has 1 heterocycles. The van der Waals surface area contributed by atoms with E-state index >= 15 is 0 Å². The molecule has 23 heavy (non-hydrogen) atoms. The van der Waals surface area contributed by atoms with E-state index in [9.17, 15) is 4.79 Å². The van der Waals surface area contributed by atoms with Crippen molar-refractivity contribution >= 4 is 29.0 Å². The lowest BCUT2D eigenvalue weighted by atomic mass is 10.1. The highest BCUT2D eigenvalue weighted by Crippen LogP contribution is 2.26. The lowest BCUT2D eigenvalue weighted by Crippen LogP contribution is -2.42. The number of carbonyl (C=O) groups excluding carboxylic acids is 1. The third-order valence-corrected chi connectivity index (χ3v) is 4.84. The molecule has 0 bridgehead atoms. The van der Waals surface area contributed by atoms with Crippen LogP contribution in [0.3, 0.4) is 0 Å². The molecule has 0 aliphatic heterocycles. The summed E-state index contributed by atoms with van der Waals surface area (Å²) in [5.74, 6) is 0. The highest BCUT2D eigenvalue weighted by atomic mass is 35.5. The molecule has 0 fully saturated rings. The molecule has 124 valence electrons. The highest BCUT2D eigenvalue weighted by molar-refractivity contribution is 7.16. The van der Waals surface area contributed by atoms with Gasteiger partial charge in [0.15, 0.2) is 0 Å². The Morgan fingerprint density at radius 3 is 2.43 bits per heavy atom. The Bertz CT molecular complexity index is 630. The van der Waals surface area contributed by atoms with E-state index in [1.165, 1.54) is 11.3 Å². The van der Waals surface area contributed by atoms with E-state index in [0.717, 1.165) is 21.3 Å². The van der Waals surface area contributed by atoms with Gasteiger partial charge in [0.2, 0.25) is 0 Å². The van der Waals surface area contributed by atoms with Gasteiger partial charge >= 0.3 is 6.03 Å². The summed E-state index contributed by atoms with van der Waals surface area (Å²) in [7, 11) is 3.98. The number of halogens is 1. The average molecular weight is 352 g/mol. The molecule has 0 saturated carbocycles. The van der Waals surface area contributed by atoms with Crippen molar-refractivity contribution in [2.24, 2.45) is 0 Å². The SMILES string of the molecule is CC(NC(=O)NC(CN(C)C)c1ccccc1)c1ccc(Cl)s1. The van der Waals surface area contributed by atoms with Crippen molar-refractivity contribution in [3.05, 3.63) is 57.2 Å². The number of hydrogen-bond donors (Lipinski definition) is 2. The number of urea groups is 1. The van der Waals surface area contributed by atoms with E-state index in [4.69, 9.17) is 11.6 Å². The molecule has 1 aromatic heterocycles. The van der Waals surface area contributed by atoms with E-state index in [1.807, 2.05) is 63.5 Å². The number of likely N-dealkylation sites (N-methyl/N-ethyl adjacent to an activating group) is 1. The quantitative estimate of drug-likeness (QED) is 0.824. The van der Waals surface area contributed by atoms with Crippen LogP contribution in [-0.2, 0) is 0 Å². The van der Waals surface area contributed by atoms with E-state index in [0.29, 0.717) is 0 Å². The Morgan fingerprint density at radius 1 is 1.17 bits per heavy atom. The molecule has 0 radical (unpaired) electrons. The molecular weight excluding hydrogens is 330 g/mol. The van der Waals surface area contributed by atoms with E-state index in [-0.39, 0.29) is 18.1 Å². The van der Waals surface area contributed by atoms with Gasteiger partial charge in [0.1, 0.15) is 0 Å². The zero-order chi connectivity index (χ0) is 16.8. The highest BCUT2D eigenvalue weighted by Gasteiger charge is 2.17. The van der Waals surface area contributed by atoms with Gasteiger partial charge in [0.05, 0.1) is 16.4 Å². The number of rotatable bonds is 6. The molecule has 2 aromatic rings. The van der Waals surface area contributed by atoms with Crippen LogP contribution in [0.2, 0.25) is 4.34 Å². The Hall–Kier alpha value is -1.56. The number of amides is 2. The van der Waals surface area contributed by atoms with Gasteiger partial charge in [-0.25, -0.2) is 4.79 Å². The van der Waals surface area contributed by atoms with Crippen molar-refractivity contribution in [1.29, 1.82) is 0 Å². The second-order valence-corrected chi connectivity index (χ2v) is 7.45. The molecule has 2 amide bonds. The van der Waals surface area contributed by atoms with Crippen LogP contribution >= 0.6 is 22.9 Å². The molecule has 0 spiro atoms. The first kappa shape index (κ1) is 17.8. The minimum absolute atomic E-state index is 0.0645. The summed E-state index contributed by atoms with van der Waals surface area (Å²) < 4.78 is 0.726. The number of carbonyl (C=O) groups is 1. The maximum Gasteiger partial charge on any atom is 0.315 e. The van der Waals surface area contributed by atoms with E-state index in [2.05, 4.69) is 15.5 Å². The summed E-state index contributed by atoms with van der Waals surface area (Å²) in [6, 6.07) is 13.4. The fourth-order valence-corrected chi connectivity index (χ4v) is 3.38. The predicted octanol–water partition coefficient (Wildman–Crippen LogP) is 4.06. The Kier molecular flexibility index (Phi) is 6.45. The maximum absolute atomic E-state index is 12.3. The summed E-state index contributed by atoms with van der Waals surface area (Å²) >= 11 is 7.43. The van der Waals surface area contributed by atoms with Gasteiger partial charge < -0.3 is 15.5 Å². The van der Waals surface area contributed by atoms with Crippen LogP contribution in [0.4, 0.5) is 4.79 Å². The lowest BCUT2D eigenvalue weighted by Gasteiger charge is -2.24. The number of nitrogens with zero attached hydrogens (tertiary/aromatic N) is 1. The first-order valence-corrected chi connectivity index (χ1v) is 8.67. The van der Waals surface area contributed by atoms with Crippen molar-refractivity contribution in [3.8, 4) is 0 Å². The topological polar surface area (TPSA) is 44.4 Å². The molecule has 0 saturated heterocycles. The zero-order valence-corrected chi connectivity index (χ0v) is 15.1. The molecule has 1 aromatic carbocycles. The van der Waals surface area contributed by atoms with Crippen LogP contribution in [0.5, 0.6) is 0 Å². The van der Waals surface area contributed by atoms with Gasteiger partial charge in [-0.05, 0) is 38.7 Å². The zero-order valence-electron chi connectivity index (χ0n) is 13.5. The van der Waals surface area contributed by atoms with Crippen molar-refractivity contribution in [3.63, 3.8) is 0 Å². The third-order valence-electron chi connectivity index (χ3n) is 3.42. The van der Waals surface area contributed by atoms with Gasteiger partial charge in [-0.15, -0.1) is 11.3 Å². The fourth-order valence-electron chi connectivity index (χ4n) is 2.31. The fraction of sp³-hybridized carbons (Fsp3) is 0.353. The maximum atomic E-state index is 12.3. The molecule has 2 unspecified atom stereocenters. The monoisotopic (exact) mass is 351 g/mol. The standard InChI is InChI=1S/C17H22ClN3OS/c1-12(15-9-10-16(18)23-15)19-17(22)20-14(11-21(2)3)13-7-5-4-6-8-13/h4-10,12,14H,11H2,1-3H3,(H2,19,20,22). The van der Waals surface area contributed by atoms with Gasteiger partial charge in [-0.2, -0.15) is 0 Å². The van der Waals surface area contributed by atoms with E-state index < -0.39 is 0 Å². The molecular formula is C17H22ClN3OS. The van der Waals surface area contributed by atoms with Crippen molar-refractivity contribution in [1.82, 2.24) is 15.5 Å². The molecule has 2 atom stereocenters. The van der Waals surface area contributed by atoms with Gasteiger partial charge in [0, 0.05) is 11.4 Å². The summed E-state index contributed by atoms with van der Waals surface area (Å²) in [6.45, 7) is 2.68. The van der Waals surface area contributed by atoms with Crippen LogP contribution in [-0.4, -0.2) is 31.6 Å². The van der Waals surface area contributed by atoms with Crippen LogP contribution in [0.15, 0.2) is 42.5 Å². The summed E-state index contributed by atoms with van der Waals surface area (Å²) in [6.07, 6.45) is 0. The Labute approximate surface area is 146 Å². The smallest absolute Gasteiger partial charge is 0.315 e. The minimum atomic E-state index is -0.183. The number of benzene rings is 1. The summed E-state index contributed by atoms with van der Waals surface area (Å²) in [5.41, 5.74) is 1.09. The molecule has 2 rings (SSSR count). The average Bonchev–Trinajstić information content (AvgIpc) is 2.93. The number of nitrogens with one attached hydrogen (secondary N) is 2. The second kappa shape index (κ2) is 8.34. The van der Waals surface area contributed by atoms with Crippen molar-refractivity contribution < 1.29 is 4.79 Å². The Balaban J connectivity index is 2.00. The van der Waals surface area contributed by atoms with Gasteiger partial charge in [0.25, 0.3) is 0 Å². The van der Waals surface area contributed by atoms with Crippen LogP contribution in [0.1, 0.15) is 29.4 Å². The molecule has 4 nitrogen and oxygen atoms in total. The molecule has 2 N–H and O–H groups in total. The Morgan fingerprint density at radius 2 is 1.87 bits per heavy atom. The summed E-state index contributed by atoms with van der Waals surface area (Å²) in [4.78, 5) is 15.4. The predicted molar refractivity (Wildman–Crippen MR) is 97.1 cm³/mol. The third kappa shape index (κ3) is 5.53. The molecule has 6 heteroatoms. The number of hydrogen-bond acceptors (Lipinski definition) is 3. The minimum Gasteiger partial charge on any atom is -0.331 e. The summed E-state index contributed by atoms with van der Waals surface area (Å²) in [5, 5.41) is 6.02. The second-order valence-electron chi connectivity index (χ2n) is 5.71. The van der Waals surface area contributed by atoms with Crippen molar-refractivity contribution in [2.75, 3.05) is 20.6 Å². The number of thiophene rings is 1. The van der Waals surface area contributed by atoms with Gasteiger partial charge in [-0.1, -0.05) is 41.9 Å². The van der Waals surface area contributed by atoms with Crippen LogP contribution in [0, 0.1) is 0 Å². The normalized spacial score (nSPS) is 13.6. The van der Waals surface area contributed by atoms with E-state index in [1.54, 1.807) is 0 Å². The van der Waals surface area contributed by atoms with Crippen molar-refractivity contribution in [2.45, 2.75) is 19.0 Å². The largest absolute Gasteiger partial charge is 0.331 e. The van der Waals surface area contributed by atoms with Crippen LogP contribution < -0.4 is 10.6 Å².